The van der Waals surface area contributed by atoms with Crippen molar-refractivity contribution in [3.8, 4) is 5.75 Å². The first kappa shape index (κ1) is 15.3. The van der Waals surface area contributed by atoms with Crippen molar-refractivity contribution in [2.75, 3.05) is 13.7 Å². The van der Waals surface area contributed by atoms with E-state index in [4.69, 9.17) is 9.47 Å². The van der Waals surface area contributed by atoms with Crippen LogP contribution >= 0.6 is 0 Å². The van der Waals surface area contributed by atoms with Crippen LogP contribution in [0.1, 0.15) is 51.6 Å². The van der Waals surface area contributed by atoms with E-state index in [2.05, 4.69) is 50.4 Å². The third kappa shape index (κ3) is 4.50. The van der Waals surface area contributed by atoms with Crippen LogP contribution in [0.4, 0.5) is 0 Å². The molecular formula is C17H27NO2. The van der Waals surface area contributed by atoms with Gasteiger partial charge in [-0.1, -0.05) is 19.1 Å². The van der Waals surface area contributed by atoms with Gasteiger partial charge >= 0.3 is 0 Å². The molecule has 1 aliphatic carbocycles. The standard InChI is InChI=1S/C17H27NO2/c1-5-18-16(12-17(2,3)19-4)13-6-8-14(9-7-13)20-15-10-11-15/h6-9,15-16,18H,5,10-12H2,1-4H3. The molecule has 1 aromatic carbocycles. The van der Waals surface area contributed by atoms with Crippen LogP contribution in [-0.4, -0.2) is 25.4 Å². The molecule has 1 saturated carbocycles. The van der Waals surface area contributed by atoms with Gasteiger partial charge in [0, 0.05) is 13.2 Å². The van der Waals surface area contributed by atoms with Crippen molar-refractivity contribution in [3.05, 3.63) is 29.8 Å². The van der Waals surface area contributed by atoms with Gasteiger partial charge in [0.15, 0.2) is 0 Å². The van der Waals surface area contributed by atoms with E-state index < -0.39 is 0 Å². The van der Waals surface area contributed by atoms with Crippen molar-refractivity contribution < 1.29 is 9.47 Å². The zero-order valence-corrected chi connectivity index (χ0v) is 13.1. The van der Waals surface area contributed by atoms with Gasteiger partial charge < -0.3 is 14.8 Å². The van der Waals surface area contributed by atoms with Crippen LogP contribution in [0.25, 0.3) is 0 Å². The van der Waals surface area contributed by atoms with Gasteiger partial charge in [0.2, 0.25) is 0 Å². The second-order valence-electron chi connectivity index (χ2n) is 6.16. The molecule has 0 amide bonds. The largest absolute Gasteiger partial charge is 0.490 e. The molecule has 3 nitrogen and oxygen atoms in total. The first-order chi connectivity index (χ1) is 9.54. The third-order valence-corrected chi connectivity index (χ3v) is 3.81. The van der Waals surface area contributed by atoms with E-state index in [0.29, 0.717) is 12.1 Å². The van der Waals surface area contributed by atoms with E-state index in [1.807, 2.05) is 0 Å². The average molecular weight is 277 g/mol. The summed E-state index contributed by atoms with van der Waals surface area (Å²) in [6.45, 7) is 7.34. The summed E-state index contributed by atoms with van der Waals surface area (Å²) in [5.41, 5.74) is 1.16. The minimum absolute atomic E-state index is 0.129. The molecule has 2 rings (SSSR count). The molecule has 0 bridgehead atoms. The summed E-state index contributed by atoms with van der Waals surface area (Å²) in [6.07, 6.45) is 3.80. The molecule has 1 atom stereocenters. The van der Waals surface area contributed by atoms with E-state index in [0.717, 1.165) is 18.7 Å². The molecule has 0 aliphatic heterocycles. The van der Waals surface area contributed by atoms with Crippen molar-refractivity contribution in [2.24, 2.45) is 0 Å². The highest BCUT2D eigenvalue weighted by molar-refractivity contribution is 5.30. The predicted octanol–water partition coefficient (Wildman–Crippen LogP) is 3.69. The summed E-state index contributed by atoms with van der Waals surface area (Å²) >= 11 is 0. The third-order valence-electron chi connectivity index (χ3n) is 3.81. The fourth-order valence-corrected chi connectivity index (χ4v) is 2.29. The van der Waals surface area contributed by atoms with Gasteiger partial charge in [-0.3, -0.25) is 0 Å². The van der Waals surface area contributed by atoms with Crippen LogP contribution < -0.4 is 10.1 Å². The topological polar surface area (TPSA) is 30.5 Å². The van der Waals surface area contributed by atoms with Crippen LogP contribution in [0, 0.1) is 0 Å². The van der Waals surface area contributed by atoms with Gasteiger partial charge in [-0.25, -0.2) is 0 Å². The summed E-state index contributed by atoms with van der Waals surface area (Å²) in [5, 5.41) is 3.54. The number of hydrogen-bond donors (Lipinski definition) is 1. The summed E-state index contributed by atoms with van der Waals surface area (Å²) in [4.78, 5) is 0. The Morgan fingerprint density at radius 1 is 1.25 bits per heavy atom. The van der Waals surface area contributed by atoms with Gasteiger partial charge in [-0.15, -0.1) is 0 Å². The molecule has 20 heavy (non-hydrogen) atoms. The van der Waals surface area contributed by atoms with E-state index in [-0.39, 0.29) is 5.60 Å². The van der Waals surface area contributed by atoms with Crippen molar-refractivity contribution in [1.82, 2.24) is 5.32 Å². The lowest BCUT2D eigenvalue weighted by molar-refractivity contribution is 0.00697. The highest BCUT2D eigenvalue weighted by atomic mass is 16.5. The molecule has 0 spiro atoms. The Morgan fingerprint density at radius 2 is 1.90 bits per heavy atom. The Bertz CT molecular complexity index is 410. The van der Waals surface area contributed by atoms with Crippen molar-refractivity contribution in [1.29, 1.82) is 0 Å². The monoisotopic (exact) mass is 277 g/mol. The van der Waals surface area contributed by atoms with E-state index in [1.165, 1.54) is 18.4 Å². The van der Waals surface area contributed by atoms with Gasteiger partial charge in [-0.2, -0.15) is 0 Å². The number of benzene rings is 1. The van der Waals surface area contributed by atoms with Gasteiger partial charge in [0.05, 0.1) is 11.7 Å². The molecule has 1 aromatic rings. The number of hydrogen-bond acceptors (Lipinski definition) is 3. The van der Waals surface area contributed by atoms with Crippen LogP contribution in [0.15, 0.2) is 24.3 Å². The average Bonchev–Trinajstić information content (AvgIpc) is 3.23. The molecule has 1 aliphatic rings. The highest BCUT2D eigenvalue weighted by Gasteiger charge is 2.25. The minimum Gasteiger partial charge on any atom is -0.490 e. The van der Waals surface area contributed by atoms with E-state index in [1.54, 1.807) is 7.11 Å². The molecule has 0 radical (unpaired) electrons. The Kier molecular flexibility index (Phi) is 5.06. The van der Waals surface area contributed by atoms with E-state index in [9.17, 15) is 0 Å². The fourth-order valence-electron chi connectivity index (χ4n) is 2.29. The van der Waals surface area contributed by atoms with Crippen LogP contribution in [-0.2, 0) is 4.74 Å². The molecule has 0 heterocycles. The molecule has 0 saturated heterocycles. The van der Waals surface area contributed by atoms with Gasteiger partial charge in [0.1, 0.15) is 5.75 Å². The maximum Gasteiger partial charge on any atom is 0.119 e. The lowest BCUT2D eigenvalue weighted by atomic mass is 9.93. The maximum atomic E-state index is 5.80. The summed E-state index contributed by atoms with van der Waals surface area (Å²) in [6, 6.07) is 8.80. The summed E-state index contributed by atoms with van der Waals surface area (Å²) < 4.78 is 11.4. The normalized spacial score (nSPS) is 17.0. The molecule has 1 fully saturated rings. The second-order valence-corrected chi connectivity index (χ2v) is 6.16. The molecule has 1 unspecified atom stereocenters. The molecule has 1 N–H and O–H groups in total. The van der Waals surface area contributed by atoms with Crippen LogP contribution in [0.3, 0.4) is 0 Å². The lowest BCUT2D eigenvalue weighted by Gasteiger charge is -2.29. The Morgan fingerprint density at radius 3 is 2.40 bits per heavy atom. The summed E-state index contributed by atoms with van der Waals surface area (Å²) in [5.74, 6) is 0.984. The number of nitrogens with one attached hydrogen (secondary N) is 1. The van der Waals surface area contributed by atoms with Crippen LogP contribution in [0.2, 0.25) is 0 Å². The number of ether oxygens (including phenoxy) is 2. The van der Waals surface area contributed by atoms with Crippen LogP contribution in [0.5, 0.6) is 5.75 Å². The second kappa shape index (κ2) is 6.59. The van der Waals surface area contributed by atoms with Gasteiger partial charge in [0.25, 0.3) is 0 Å². The lowest BCUT2D eigenvalue weighted by Crippen LogP contribution is -2.32. The Hall–Kier alpha value is -1.06. The zero-order chi connectivity index (χ0) is 14.6. The first-order valence-electron chi connectivity index (χ1n) is 7.59. The number of methoxy groups -OCH3 is 1. The van der Waals surface area contributed by atoms with Crippen molar-refractivity contribution >= 4 is 0 Å². The van der Waals surface area contributed by atoms with Gasteiger partial charge in [-0.05, 0) is 57.4 Å². The molecular weight excluding hydrogens is 250 g/mol. The summed E-state index contributed by atoms with van der Waals surface area (Å²) in [7, 11) is 1.77. The zero-order valence-electron chi connectivity index (χ0n) is 13.1. The first-order valence-corrected chi connectivity index (χ1v) is 7.59. The van der Waals surface area contributed by atoms with Crippen molar-refractivity contribution in [2.45, 2.75) is 57.8 Å². The smallest absolute Gasteiger partial charge is 0.119 e. The number of rotatable bonds is 8. The predicted molar refractivity (Wildman–Crippen MR) is 82.2 cm³/mol. The maximum absolute atomic E-state index is 5.80. The Labute approximate surface area is 122 Å². The van der Waals surface area contributed by atoms with Crippen molar-refractivity contribution in [3.63, 3.8) is 0 Å². The molecule has 112 valence electrons. The Balaban J connectivity index is 2.03. The quantitative estimate of drug-likeness (QED) is 0.786. The minimum atomic E-state index is -0.129. The molecule has 0 aromatic heterocycles. The SMILES string of the molecule is CCNC(CC(C)(C)OC)c1ccc(OC2CC2)cc1. The highest BCUT2D eigenvalue weighted by Crippen LogP contribution is 2.30. The van der Waals surface area contributed by atoms with E-state index >= 15 is 0 Å². The molecule has 3 heteroatoms. The fraction of sp³-hybridized carbons (Fsp3) is 0.647.